The Morgan fingerprint density at radius 3 is 2.31 bits per heavy atom. The molecule has 1 aromatic heterocycles. The first kappa shape index (κ1) is 26.3. The Bertz CT molecular complexity index is 1210. The monoisotopic (exact) mass is 530 g/mol. The van der Waals surface area contributed by atoms with Crippen molar-refractivity contribution in [3.05, 3.63) is 60.2 Å². The van der Waals surface area contributed by atoms with Crippen molar-refractivity contribution in [3.63, 3.8) is 0 Å². The number of carbonyl (C=O) groups is 1. The molecule has 3 saturated heterocycles. The summed E-state index contributed by atoms with van der Waals surface area (Å²) in [7, 11) is 0. The number of rotatable bonds is 8. The van der Waals surface area contributed by atoms with Gasteiger partial charge in [0.25, 0.3) is 0 Å². The average Bonchev–Trinajstić information content (AvgIpc) is 3.37. The Labute approximate surface area is 231 Å². The van der Waals surface area contributed by atoms with Gasteiger partial charge in [-0.25, -0.2) is 4.98 Å². The van der Waals surface area contributed by atoms with Gasteiger partial charge in [-0.05, 0) is 43.4 Å². The van der Waals surface area contributed by atoms with Crippen LogP contribution in [0.4, 0.5) is 5.95 Å². The van der Waals surface area contributed by atoms with E-state index in [4.69, 9.17) is 9.72 Å². The Hall–Kier alpha value is -2.94. The second kappa shape index (κ2) is 12.5. The van der Waals surface area contributed by atoms with Gasteiger partial charge in [-0.3, -0.25) is 14.6 Å². The number of nitrogens with zero attached hydrogens (tertiary/aromatic N) is 5. The summed E-state index contributed by atoms with van der Waals surface area (Å²) in [4.78, 5) is 25.6. The van der Waals surface area contributed by atoms with Crippen LogP contribution in [-0.4, -0.2) is 90.3 Å². The van der Waals surface area contributed by atoms with Crippen molar-refractivity contribution in [2.24, 2.45) is 5.92 Å². The van der Waals surface area contributed by atoms with Gasteiger partial charge in [-0.1, -0.05) is 42.5 Å². The number of hydrogen-bond acceptors (Lipinski definition) is 6. The number of hydrogen-bond donors (Lipinski definition) is 1. The molecule has 3 aliphatic rings. The lowest BCUT2D eigenvalue weighted by atomic mass is 9.94. The largest absolute Gasteiger partial charge is 0.379 e. The highest BCUT2D eigenvalue weighted by Gasteiger charge is 2.30. The number of morpholine rings is 1. The molecular weight excluding hydrogens is 488 g/mol. The van der Waals surface area contributed by atoms with Gasteiger partial charge < -0.3 is 19.5 Å². The number of anilines is 1. The molecule has 2 aromatic carbocycles. The van der Waals surface area contributed by atoms with E-state index < -0.39 is 0 Å². The standard InChI is InChI=1S/C31H42N6O2/c38-30(32-27-12-14-35(15-13-27)24-25-6-2-1-3-7-25)26-10-16-36(17-11-26)31-33-28-8-4-5-9-29(28)37(31)19-18-34-20-22-39-23-21-34/h1-9,26-27H,10-24H2,(H,32,38). The molecule has 4 heterocycles. The highest BCUT2D eigenvalue weighted by molar-refractivity contribution is 5.80. The molecule has 39 heavy (non-hydrogen) atoms. The highest BCUT2D eigenvalue weighted by atomic mass is 16.5. The van der Waals surface area contributed by atoms with E-state index in [0.29, 0.717) is 6.04 Å². The summed E-state index contributed by atoms with van der Waals surface area (Å²) in [5, 5.41) is 3.40. The van der Waals surface area contributed by atoms with Crippen LogP contribution in [0.5, 0.6) is 0 Å². The molecule has 8 nitrogen and oxygen atoms in total. The van der Waals surface area contributed by atoms with E-state index in [2.05, 4.69) is 79.2 Å². The van der Waals surface area contributed by atoms with Gasteiger partial charge in [-0.15, -0.1) is 0 Å². The Morgan fingerprint density at radius 1 is 0.821 bits per heavy atom. The number of fused-ring (bicyclic) bond motifs is 1. The third-order valence-electron chi connectivity index (χ3n) is 8.71. The van der Waals surface area contributed by atoms with Gasteiger partial charge in [0.05, 0.1) is 24.2 Å². The molecule has 1 amide bonds. The Kier molecular flexibility index (Phi) is 8.42. The number of nitrogens with one attached hydrogen (secondary N) is 1. The maximum absolute atomic E-state index is 13.2. The fraction of sp³-hybridized carbons (Fsp3) is 0.548. The number of ether oxygens (including phenoxy) is 1. The van der Waals surface area contributed by atoms with E-state index in [1.165, 1.54) is 11.1 Å². The molecule has 3 aromatic rings. The predicted octanol–water partition coefficient (Wildman–Crippen LogP) is 3.37. The Balaban J connectivity index is 1.01. The SMILES string of the molecule is O=C(NC1CCN(Cc2ccccc2)CC1)C1CCN(c2nc3ccccc3n2CCN2CCOCC2)CC1. The first-order valence-corrected chi connectivity index (χ1v) is 14.8. The normalized spacial score (nSPS) is 20.5. The summed E-state index contributed by atoms with van der Waals surface area (Å²) < 4.78 is 7.91. The fourth-order valence-corrected chi connectivity index (χ4v) is 6.33. The first-order valence-electron chi connectivity index (χ1n) is 14.8. The molecule has 0 radical (unpaired) electrons. The number of imidazole rings is 1. The minimum absolute atomic E-state index is 0.0924. The zero-order chi connectivity index (χ0) is 26.4. The van der Waals surface area contributed by atoms with Crippen molar-refractivity contribution in [1.82, 2.24) is 24.7 Å². The van der Waals surface area contributed by atoms with Gasteiger partial charge >= 0.3 is 0 Å². The second-order valence-corrected chi connectivity index (χ2v) is 11.3. The summed E-state index contributed by atoms with van der Waals surface area (Å²) in [6, 6.07) is 19.4. The smallest absolute Gasteiger partial charge is 0.223 e. The summed E-state index contributed by atoms with van der Waals surface area (Å²) in [5.41, 5.74) is 3.61. The molecule has 0 unspecified atom stereocenters. The Morgan fingerprint density at radius 2 is 1.54 bits per heavy atom. The number of benzene rings is 2. The van der Waals surface area contributed by atoms with Gasteiger partial charge in [0.1, 0.15) is 0 Å². The summed E-state index contributed by atoms with van der Waals surface area (Å²) in [6.07, 6.45) is 3.83. The van der Waals surface area contributed by atoms with Gasteiger partial charge in [0, 0.05) is 70.9 Å². The van der Waals surface area contributed by atoms with Crippen LogP contribution in [0.15, 0.2) is 54.6 Å². The summed E-state index contributed by atoms with van der Waals surface area (Å²) in [5.74, 6) is 1.39. The zero-order valence-corrected chi connectivity index (χ0v) is 23.0. The second-order valence-electron chi connectivity index (χ2n) is 11.3. The molecule has 0 bridgehead atoms. The maximum atomic E-state index is 13.2. The number of para-hydroxylation sites is 2. The molecule has 0 atom stereocenters. The maximum Gasteiger partial charge on any atom is 0.223 e. The first-order chi connectivity index (χ1) is 19.2. The summed E-state index contributed by atoms with van der Waals surface area (Å²) >= 11 is 0. The quantitative estimate of drug-likeness (QED) is 0.482. The van der Waals surface area contributed by atoms with Crippen molar-refractivity contribution in [2.75, 3.05) is 63.9 Å². The predicted molar refractivity (Wildman–Crippen MR) is 155 cm³/mol. The van der Waals surface area contributed by atoms with Crippen LogP contribution in [0.3, 0.4) is 0 Å². The van der Waals surface area contributed by atoms with E-state index in [9.17, 15) is 4.79 Å². The number of carbonyl (C=O) groups excluding carboxylic acids is 1. The van der Waals surface area contributed by atoms with Crippen LogP contribution in [0, 0.1) is 5.92 Å². The molecule has 3 aliphatic heterocycles. The molecule has 6 rings (SSSR count). The lowest BCUT2D eigenvalue weighted by molar-refractivity contribution is -0.126. The van der Waals surface area contributed by atoms with Crippen molar-refractivity contribution in [2.45, 2.75) is 44.8 Å². The molecule has 8 heteroatoms. The van der Waals surface area contributed by atoms with Crippen LogP contribution in [-0.2, 0) is 22.6 Å². The number of aromatic nitrogens is 2. The summed E-state index contributed by atoms with van der Waals surface area (Å²) in [6.45, 7) is 10.4. The third kappa shape index (κ3) is 6.45. The lowest BCUT2D eigenvalue weighted by Gasteiger charge is -2.35. The van der Waals surface area contributed by atoms with Gasteiger partial charge in [0.2, 0.25) is 11.9 Å². The van der Waals surface area contributed by atoms with Crippen molar-refractivity contribution in [1.29, 1.82) is 0 Å². The van der Waals surface area contributed by atoms with Crippen LogP contribution < -0.4 is 10.2 Å². The van der Waals surface area contributed by atoms with Crippen LogP contribution >= 0.6 is 0 Å². The average molecular weight is 531 g/mol. The number of likely N-dealkylation sites (tertiary alicyclic amines) is 1. The van der Waals surface area contributed by atoms with E-state index in [1.807, 2.05) is 0 Å². The van der Waals surface area contributed by atoms with Crippen molar-refractivity contribution >= 4 is 22.9 Å². The molecular formula is C31H42N6O2. The van der Waals surface area contributed by atoms with E-state index >= 15 is 0 Å². The van der Waals surface area contributed by atoms with E-state index in [1.54, 1.807) is 0 Å². The van der Waals surface area contributed by atoms with Crippen LogP contribution in [0.25, 0.3) is 11.0 Å². The number of amides is 1. The highest BCUT2D eigenvalue weighted by Crippen LogP contribution is 2.27. The fourth-order valence-electron chi connectivity index (χ4n) is 6.33. The molecule has 3 fully saturated rings. The molecule has 0 aliphatic carbocycles. The molecule has 1 N–H and O–H groups in total. The minimum atomic E-state index is 0.0924. The lowest BCUT2D eigenvalue weighted by Crippen LogP contribution is -2.48. The number of piperidine rings is 2. The van der Waals surface area contributed by atoms with E-state index in [0.717, 1.165) is 109 Å². The van der Waals surface area contributed by atoms with Crippen LogP contribution in [0.2, 0.25) is 0 Å². The zero-order valence-electron chi connectivity index (χ0n) is 23.0. The van der Waals surface area contributed by atoms with E-state index in [-0.39, 0.29) is 11.8 Å². The molecule has 208 valence electrons. The minimum Gasteiger partial charge on any atom is -0.379 e. The molecule has 0 spiro atoms. The third-order valence-corrected chi connectivity index (χ3v) is 8.71. The molecule has 0 saturated carbocycles. The van der Waals surface area contributed by atoms with Gasteiger partial charge in [0.15, 0.2) is 0 Å². The van der Waals surface area contributed by atoms with Crippen LogP contribution in [0.1, 0.15) is 31.2 Å². The topological polar surface area (TPSA) is 65.9 Å². The van der Waals surface area contributed by atoms with Crippen molar-refractivity contribution < 1.29 is 9.53 Å². The van der Waals surface area contributed by atoms with Gasteiger partial charge in [-0.2, -0.15) is 0 Å². The van der Waals surface area contributed by atoms with Crippen molar-refractivity contribution in [3.8, 4) is 0 Å².